The van der Waals surface area contributed by atoms with Crippen LogP contribution in [0.2, 0.25) is 0 Å². The number of benzene rings is 7. The van der Waals surface area contributed by atoms with E-state index in [9.17, 15) is 0 Å². The van der Waals surface area contributed by atoms with Crippen LogP contribution in [0.15, 0.2) is 194 Å². The van der Waals surface area contributed by atoms with Crippen molar-refractivity contribution in [1.29, 1.82) is 0 Å². The summed E-state index contributed by atoms with van der Waals surface area (Å²) in [5.41, 5.74) is 14.2. The molecule has 45 heavy (non-hydrogen) atoms. The Labute approximate surface area is 265 Å². The zero-order valence-corrected chi connectivity index (χ0v) is 25.0. The van der Waals surface area contributed by atoms with Crippen LogP contribution in [0.5, 0.6) is 0 Å². The number of anilines is 2. The molecule has 1 heteroatoms. The van der Waals surface area contributed by atoms with E-state index in [0.29, 0.717) is 0 Å². The Bertz CT molecular complexity index is 1950. The summed E-state index contributed by atoms with van der Waals surface area (Å²) in [5, 5.41) is 3.54. The predicted molar refractivity (Wildman–Crippen MR) is 191 cm³/mol. The Morgan fingerprint density at radius 3 is 0.867 bits per heavy atom. The highest BCUT2D eigenvalue weighted by molar-refractivity contribution is 6.04. The van der Waals surface area contributed by atoms with Crippen molar-refractivity contribution in [3.05, 3.63) is 216 Å². The first-order chi connectivity index (χ1) is 22.3. The van der Waals surface area contributed by atoms with Gasteiger partial charge >= 0.3 is 0 Å². The van der Waals surface area contributed by atoms with Crippen LogP contribution in [0.4, 0.5) is 11.4 Å². The second kappa shape index (κ2) is 13.2. The Morgan fingerprint density at radius 2 is 0.511 bits per heavy atom. The van der Waals surface area contributed by atoms with E-state index in [-0.39, 0.29) is 0 Å². The maximum atomic E-state index is 3.54. The van der Waals surface area contributed by atoms with Gasteiger partial charge in [-0.1, -0.05) is 170 Å². The molecule has 0 aliphatic heterocycles. The molecular formula is C44H33N. The third-order valence-corrected chi connectivity index (χ3v) is 8.11. The van der Waals surface area contributed by atoms with Crippen molar-refractivity contribution in [3.63, 3.8) is 0 Å². The van der Waals surface area contributed by atoms with Gasteiger partial charge in [0, 0.05) is 11.4 Å². The van der Waals surface area contributed by atoms with Gasteiger partial charge in [0.15, 0.2) is 0 Å². The Kier molecular flexibility index (Phi) is 8.15. The molecule has 214 valence electrons. The van der Waals surface area contributed by atoms with Gasteiger partial charge in [-0.25, -0.2) is 0 Å². The molecule has 0 saturated heterocycles. The second-order valence-electron chi connectivity index (χ2n) is 11.1. The molecule has 0 unspecified atom stereocenters. The lowest BCUT2D eigenvalue weighted by Crippen LogP contribution is -1.97. The summed E-state index contributed by atoms with van der Waals surface area (Å²) in [6, 6.07) is 68.8. The molecular weight excluding hydrogens is 542 g/mol. The molecule has 0 fully saturated rings. The molecule has 0 aromatic heterocycles. The van der Waals surface area contributed by atoms with Crippen LogP contribution in [-0.4, -0.2) is 0 Å². The minimum Gasteiger partial charge on any atom is -0.356 e. The van der Waals surface area contributed by atoms with Crippen molar-refractivity contribution in [2.45, 2.75) is 0 Å². The van der Waals surface area contributed by atoms with Crippen LogP contribution in [0, 0.1) is 0 Å². The van der Waals surface area contributed by atoms with Gasteiger partial charge in [-0.05, 0) is 79.9 Å². The fraction of sp³-hybridized carbons (Fsp3) is 0. The molecule has 0 saturated carbocycles. The highest BCUT2D eigenvalue weighted by Gasteiger charge is 2.16. The first-order valence-electron chi connectivity index (χ1n) is 15.4. The van der Waals surface area contributed by atoms with E-state index in [0.717, 1.165) is 11.4 Å². The predicted octanol–water partition coefficient (Wildman–Crippen LogP) is 11.8. The highest BCUT2D eigenvalue weighted by atomic mass is 14.9. The summed E-state index contributed by atoms with van der Waals surface area (Å²) in [5.74, 6) is 0. The van der Waals surface area contributed by atoms with Gasteiger partial charge in [0.25, 0.3) is 0 Å². The maximum absolute atomic E-state index is 3.54. The molecule has 7 aromatic rings. The van der Waals surface area contributed by atoms with E-state index in [1.807, 2.05) is 6.07 Å². The molecule has 0 aliphatic carbocycles. The minimum atomic E-state index is 1.06. The summed E-state index contributed by atoms with van der Waals surface area (Å²) in [7, 11) is 0. The fourth-order valence-corrected chi connectivity index (χ4v) is 5.84. The Hall–Kier alpha value is -5.92. The summed E-state index contributed by atoms with van der Waals surface area (Å²) in [6.07, 6.45) is 0. The summed E-state index contributed by atoms with van der Waals surface area (Å²) >= 11 is 0. The molecule has 1 N–H and O–H groups in total. The lowest BCUT2D eigenvalue weighted by molar-refractivity contribution is 1.49. The van der Waals surface area contributed by atoms with Crippen LogP contribution >= 0.6 is 0 Å². The largest absolute Gasteiger partial charge is 0.356 e. The molecule has 0 heterocycles. The van der Waals surface area contributed by atoms with Gasteiger partial charge < -0.3 is 5.32 Å². The highest BCUT2D eigenvalue weighted by Crippen LogP contribution is 2.37. The van der Waals surface area contributed by atoms with Gasteiger partial charge in [-0.2, -0.15) is 0 Å². The molecule has 0 aliphatic rings. The van der Waals surface area contributed by atoms with Crippen molar-refractivity contribution in [2.24, 2.45) is 0 Å². The van der Waals surface area contributed by atoms with Crippen molar-refractivity contribution in [3.8, 4) is 22.3 Å². The van der Waals surface area contributed by atoms with Crippen molar-refractivity contribution in [2.75, 3.05) is 5.32 Å². The molecule has 0 radical (unpaired) electrons. The van der Waals surface area contributed by atoms with E-state index in [4.69, 9.17) is 0 Å². The number of rotatable bonds is 8. The van der Waals surface area contributed by atoms with E-state index < -0.39 is 0 Å². The topological polar surface area (TPSA) is 12.0 Å². The van der Waals surface area contributed by atoms with Gasteiger partial charge in [0.05, 0.1) is 0 Å². The van der Waals surface area contributed by atoms with Crippen LogP contribution < -0.4 is 5.32 Å². The van der Waals surface area contributed by atoms with Crippen LogP contribution in [0.1, 0.15) is 22.3 Å². The summed E-state index contributed by atoms with van der Waals surface area (Å²) in [6.45, 7) is 0. The normalized spacial score (nSPS) is 10.7. The number of nitrogens with one attached hydrogen (secondary N) is 1. The molecule has 0 bridgehead atoms. The molecule has 0 spiro atoms. The molecule has 1 nitrogen and oxygen atoms in total. The van der Waals surface area contributed by atoms with E-state index in [1.54, 1.807) is 0 Å². The number of hydrogen-bond acceptors (Lipinski definition) is 1. The summed E-state index contributed by atoms with van der Waals surface area (Å²) in [4.78, 5) is 0. The molecule has 0 amide bonds. The monoisotopic (exact) mass is 575 g/mol. The van der Waals surface area contributed by atoms with E-state index in [1.165, 1.54) is 55.7 Å². The zero-order chi connectivity index (χ0) is 30.3. The van der Waals surface area contributed by atoms with Crippen molar-refractivity contribution >= 4 is 22.5 Å². The summed E-state index contributed by atoms with van der Waals surface area (Å²) < 4.78 is 0. The first-order valence-corrected chi connectivity index (χ1v) is 15.4. The zero-order valence-electron chi connectivity index (χ0n) is 25.0. The molecule has 0 atom stereocenters. The van der Waals surface area contributed by atoms with E-state index in [2.05, 4.69) is 193 Å². The van der Waals surface area contributed by atoms with E-state index >= 15 is 0 Å². The second-order valence-corrected chi connectivity index (χ2v) is 11.1. The fourth-order valence-electron chi connectivity index (χ4n) is 5.84. The lowest BCUT2D eigenvalue weighted by Gasteiger charge is -2.18. The van der Waals surface area contributed by atoms with Crippen molar-refractivity contribution < 1.29 is 0 Å². The van der Waals surface area contributed by atoms with Gasteiger partial charge in [0.2, 0.25) is 0 Å². The van der Waals surface area contributed by atoms with Crippen LogP contribution in [0.25, 0.3) is 33.4 Å². The first kappa shape index (κ1) is 27.9. The van der Waals surface area contributed by atoms with Crippen LogP contribution in [-0.2, 0) is 0 Å². The SMILES string of the molecule is c1ccc(C(=C(c2ccccc2)c2ccc(-c3ccc(Nc4ccc(-c5ccccc5)cc4)cc3)cc2)c2ccccc2)cc1. The minimum absolute atomic E-state index is 1.06. The van der Waals surface area contributed by atoms with Gasteiger partial charge in [0.1, 0.15) is 0 Å². The van der Waals surface area contributed by atoms with Crippen LogP contribution in [0.3, 0.4) is 0 Å². The van der Waals surface area contributed by atoms with Gasteiger partial charge in [-0.3, -0.25) is 0 Å². The standard InChI is InChI=1S/C44H33N/c1-5-13-33(14-6-1)35-25-29-41(30-26-35)45-42-31-27-36(28-32-42)34-21-23-40(24-22-34)44(39-19-11-4-12-20-39)43(37-15-7-2-8-16-37)38-17-9-3-10-18-38/h1-32,45H. The molecule has 7 aromatic carbocycles. The quantitative estimate of drug-likeness (QED) is 0.178. The maximum Gasteiger partial charge on any atom is 0.0384 e. The lowest BCUT2D eigenvalue weighted by atomic mass is 9.85. The van der Waals surface area contributed by atoms with Gasteiger partial charge in [-0.15, -0.1) is 0 Å². The third kappa shape index (κ3) is 6.39. The smallest absolute Gasteiger partial charge is 0.0384 e. The average Bonchev–Trinajstić information content (AvgIpc) is 3.13. The Balaban J connectivity index is 1.18. The third-order valence-electron chi connectivity index (χ3n) is 8.11. The average molecular weight is 576 g/mol. The Morgan fingerprint density at radius 1 is 0.244 bits per heavy atom. The molecule has 7 rings (SSSR count). The number of hydrogen-bond donors (Lipinski definition) is 1. The van der Waals surface area contributed by atoms with Crippen molar-refractivity contribution in [1.82, 2.24) is 0 Å².